The molecule has 28 heavy (non-hydrogen) atoms. The summed E-state index contributed by atoms with van der Waals surface area (Å²) in [5, 5.41) is 3.60. The first-order valence-electron chi connectivity index (χ1n) is 8.85. The quantitative estimate of drug-likeness (QED) is 0.506. The number of hydrogen-bond acceptors (Lipinski definition) is 7. The Morgan fingerprint density at radius 1 is 1.18 bits per heavy atom. The van der Waals surface area contributed by atoms with E-state index >= 15 is 0 Å². The molecule has 0 unspecified atom stereocenters. The first-order valence-corrected chi connectivity index (χ1v) is 9.67. The van der Waals surface area contributed by atoms with Crippen molar-refractivity contribution < 1.29 is 19.1 Å². The lowest BCUT2D eigenvalue weighted by Gasteiger charge is -2.15. The van der Waals surface area contributed by atoms with Gasteiger partial charge in [-0.2, -0.15) is 0 Å². The highest BCUT2D eigenvalue weighted by atomic mass is 32.1. The number of carbonyl (C=O) groups is 2. The summed E-state index contributed by atoms with van der Waals surface area (Å²) in [7, 11) is 0. The predicted molar refractivity (Wildman–Crippen MR) is 111 cm³/mol. The van der Waals surface area contributed by atoms with Crippen molar-refractivity contribution >= 4 is 23.2 Å². The highest BCUT2D eigenvalue weighted by molar-refractivity contribution is 7.15. The summed E-state index contributed by atoms with van der Waals surface area (Å²) in [6.45, 7) is 8.38. The van der Waals surface area contributed by atoms with Crippen molar-refractivity contribution in [1.82, 2.24) is 16.5 Å². The van der Waals surface area contributed by atoms with Crippen molar-refractivity contribution in [3.05, 3.63) is 35.3 Å². The highest BCUT2D eigenvalue weighted by Crippen LogP contribution is 2.28. The number of ether oxygens (including phenoxy) is 2. The Balaban J connectivity index is 0.00000392. The zero-order valence-electron chi connectivity index (χ0n) is 16.9. The van der Waals surface area contributed by atoms with Crippen LogP contribution in [0.2, 0.25) is 0 Å². The number of esters is 1. The van der Waals surface area contributed by atoms with Crippen LogP contribution in [0.15, 0.2) is 30.5 Å². The Hall–Kier alpha value is -2.45. The molecule has 0 aliphatic heterocycles. The zero-order valence-corrected chi connectivity index (χ0v) is 17.7. The van der Waals surface area contributed by atoms with Crippen molar-refractivity contribution in [2.24, 2.45) is 5.41 Å². The second-order valence-electron chi connectivity index (χ2n) is 7.17. The molecule has 0 saturated carbocycles. The lowest BCUT2D eigenvalue weighted by molar-refractivity contribution is -0.154. The summed E-state index contributed by atoms with van der Waals surface area (Å²) in [6, 6.07) is 7.70. The maximum atomic E-state index is 11.8. The van der Waals surface area contributed by atoms with Gasteiger partial charge in [-0.15, -0.1) is 11.3 Å². The molecule has 1 amide bonds. The van der Waals surface area contributed by atoms with E-state index in [1.54, 1.807) is 6.20 Å². The number of thiazole rings is 1. The number of hydrogen-bond donors (Lipinski definition) is 2. The first kappa shape index (κ1) is 23.6. The SMILES string of the molecule is CC(=O)NCCCOc1ccc(-c2ncc(COC(=O)C(C)(C)C)s2)cc1.N. The topological polar surface area (TPSA) is 113 Å². The second kappa shape index (κ2) is 10.8. The van der Waals surface area contributed by atoms with E-state index in [0.29, 0.717) is 13.2 Å². The van der Waals surface area contributed by atoms with E-state index in [4.69, 9.17) is 9.47 Å². The van der Waals surface area contributed by atoms with Gasteiger partial charge in [0, 0.05) is 25.2 Å². The number of nitrogens with zero attached hydrogens (tertiary/aromatic N) is 1. The zero-order chi connectivity index (χ0) is 19.9. The van der Waals surface area contributed by atoms with Crippen molar-refractivity contribution in [2.75, 3.05) is 13.2 Å². The van der Waals surface area contributed by atoms with Crippen LogP contribution in [0.25, 0.3) is 10.6 Å². The molecule has 0 aliphatic carbocycles. The van der Waals surface area contributed by atoms with Gasteiger partial charge in [-0.05, 0) is 51.5 Å². The van der Waals surface area contributed by atoms with E-state index in [0.717, 1.165) is 27.6 Å². The summed E-state index contributed by atoms with van der Waals surface area (Å²) in [5.41, 5.74) is 0.477. The Labute approximate surface area is 170 Å². The molecule has 0 atom stereocenters. The molecule has 154 valence electrons. The van der Waals surface area contributed by atoms with Gasteiger partial charge in [0.1, 0.15) is 17.4 Å². The van der Waals surface area contributed by atoms with E-state index in [9.17, 15) is 9.59 Å². The molecule has 0 spiro atoms. The van der Waals surface area contributed by atoms with E-state index in [2.05, 4.69) is 10.3 Å². The van der Waals surface area contributed by atoms with Gasteiger partial charge in [-0.1, -0.05) is 0 Å². The molecule has 1 aromatic carbocycles. The van der Waals surface area contributed by atoms with Crippen LogP contribution in [0.5, 0.6) is 5.75 Å². The van der Waals surface area contributed by atoms with Gasteiger partial charge in [-0.3, -0.25) is 9.59 Å². The van der Waals surface area contributed by atoms with Crippen LogP contribution in [-0.2, 0) is 20.9 Å². The van der Waals surface area contributed by atoms with E-state index in [1.165, 1.54) is 18.3 Å². The predicted octanol–water partition coefficient (Wildman–Crippen LogP) is 3.97. The maximum Gasteiger partial charge on any atom is 0.311 e. The number of aromatic nitrogens is 1. The number of amides is 1. The van der Waals surface area contributed by atoms with Crippen LogP contribution in [0.4, 0.5) is 0 Å². The van der Waals surface area contributed by atoms with E-state index in [-0.39, 0.29) is 24.6 Å². The molecule has 0 saturated heterocycles. The third kappa shape index (κ3) is 7.66. The van der Waals surface area contributed by atoms with Crippen molar-refractivity contribution in [2.45, 2.75) is 40.7 Å². The van der Waals surface area contributed by atoms with Gasteiger partial charge in [0.05, 0.1) is 16.9 Å². The summed E-state index contributed by atoms with van der Waals surface area (Å²) < 4.78 is 11.0. The molecule has 2 rings (SSSR count). The van der Waals surface area contributed by atoms with Gasteiger partial charge in [-0.25, -0.2) is 4.98 Å². The molecule has 0 fully saturated rings. The molecular formula is C20H29N3O4S. The fourth-order valence-electron chi connectivity index (χ4n) is 2.08. The smallest absolute Gasteiger partial charge is 0.311 e. The van der Waals surface area contributed by atoms with Crippen LogP contribution in [0.1, 0.15) is 39.0 Å². The number of benzene rings is 1. The van der Waals surface area contributed by atoms with Gasteiger partial charge in [0.25, 0.3) is 0 Å². The molecule has 8 heteroatoms. The van der Waals surface area contributed by atoms with Crippen LogP contribution >= 0.6 is 11.3 Å². The molecular weight excluding hydrogens is 378 g/mol. The van der Waals surface area contributed by atoms with Crippen LogP contribution < -0.4 is 16.2 Å². The number of carbonyl (C=O) groups excluding carboxylic acids is 2. The van der Waals surface area contributed by atoms with Gasteiger partial charge >= 0.3 is 5.97 Å². The van der Waals surface area contributed by atoms with Crippen LogP contribution in [0, 0.1) is 5.41 Å². The summed E-state index contributed by atoms with van der Waals surface area (Å²) >= 11 is 1.50. The molecule has 0 aliphatic rings. The van der Waals surface area contributed by atoms with Gasteiger partial charge in [0.15, 0.2) is 0 Å². The van der Waals surface area contributed by atoms with Crippen molar-refractivity contribution in [3.8, 4) is 16.3 Å². The third-order valence-electron chi connectivity index (χ3n) is 3.58. The lowest BCUT2D eigenvalue weighted by atomic mass is 9.97. The van der Waals surface area contributed by atoms with Crippen molar-refractivity contribution in [3.63, 3.8) is 0 Å². The summed E-state index contributed by atoms with van der Waals surface area (Å²) in [6.07, 6.45) is 2.49. The Morgan fingerprint density at radius 2 is 1.86 bits per heavy atom. The number of nitrogens with one attached hydrogen (secondary N) is 1. The normalized spacial score (nSPS) is 10.7. The third-order valence-corrected chi connectivity index (χ3v) is 4.60. The van der Waals surface area contributed by atoms with Crippen LogP contribution in [-0.4, -0.2) is 30.0 Å². The summed E-state index contributed by atoms with van der Waals surface area (Å²) in [4.78, 5) is 27.9. The highest BCUT2D eigenvalue weighted by Gasteiger charge is 2.23. The average Bonchev–Trinajstić information content (AvgIpc) is 3.07. The van der Waals surface area contributed by atoms with Gasteiger partial charge < -0.3 is 20.9 Å². The minimum absolute atomic E-state index is 0. The molecule has 7 nitrogen and oxygen atoms in total. The maximum absolute atomic E-state index is 11.8. The number of rotatable bonds is 8. The molecule has 0 bridgehead atoms. The fourth-order valence-corrected chi connectivity index (χ4v) is 2.91. The average molecular weight is 408 g/mol. The molecule has 4 N–H and O–H groups in total. The minimum Gasteiger partial charge on any atom is -0.494 e. The largest absolute Gasteiger partial charge is 0.494 e. The Kier molecular flexibility index (Phi) is 9.08. The Bertz CT molecular complexity index is 767. The van der Waals surface area contributed by atoms with Gasteiger partial charge in [0.2, 0.25) is 5.91 Å². The monoisotopic (exact) mass is 407 g/mol. The molecule has 1 heterocycles. The molecule has 0 radical (unpaired) electrons. The first-order chi connectivity index (χ1) is 12.8. The molecule has 2 aromatic rings. The second-order valence-corrected chi connectivity index (χ2v) is 8.28. The van der Waals surface area contributed by atoms with E-state index in [1.807, 2.05) is 45.0 Å². The Morgan fingerprint density at radius 3 is 2.46 bits per heavy atom. The fraction of sp³-hybridized carbons (Fsp3) is 0.450. The summed E-state index contributed by atoms with van der Waals surface area (Å²) in [5.74, 6) is 0.519. The van der Waals surface area contributed by atoms with Crippen LogP contribution in [0.3, 0.4) is 0 Å². The van der Waals surface area contributed by atoms with Crippen molar-refractivity contribution in [1.29, 1.82) is 0 Å². The van der Waals surface area contributed by atoms with E-state index < -0.39 is 5.41 Å². The standard InChI is InChI=1S/C20H26N2O4S.H3N/c1-14(23)21-10-5-11-25-16-8-6-15(7-9-16)18-22-12-17(27-18)13-26-19(24)20(2,3)4;/h6-9,12H,5,10-11,13H2,1-4H3,(H,21,23);1H3. The lowest BCUT2D eigenvalue weighted by Crippen LogP contribution is -2.22. The minimum atomic E-state index is -0.508. The molecule has 1 aromatic heterocycles.